The Bertz CT molecular complexity index is 937. The van der Waals surface area contributed by atoms with Gasteiger partial charge in [0.1, 0.15) is 11.6 Å². The number of nitrogens with one attached hydrogen (secondary N) is 1. The zero-order chi connectivity index (χ0) is 17.4. The number of hydrogen-bond acceptors (Lipinski definition) is 5. The second kappa shape index (κ2) is 6.33. The first-order valence-electron chi connectivity index (χ1n) is 7.88. The zero-order valence-corrected chi connectivity index (χ0v) is 14.3. The third-order valence-corrected chi connectivity index (χ3v) is 5.28. The third kappa shape index (κ3) is 3.15. The highest BCUT2D eigenvalue weighted by molar-refractivity contribution is 7.22. The van der Waals surface area contributed by atoms with Crippen molar-refractivity contribution in [1.29, 1.82) is 0 Å². The highest BCUT2D eigenvalue weighted by Crippen LogP contribution is 2.34. The summed E-state index contributed by atoms with van der Waals surface area (Å²) < 4.78 is 19.5. The number of ether oxygens (including phenoxy) is 1. The van der Waals surface area contributed by atoms with Crippen LogP contribution in [0.2, 0.25) is 0 Å². The van der Waals surface area contributed by atoms with Crippen LogP contribution < -0.4 is 15.0 Å². The molecule has 4 rings (SSSR count). The average molecular weight is 357 g/mol. The van der Waals surface area contributed by atoms with Crippen LogP contribution in [0.1, 0.15) is 0 Å². The molecule has 0 spiro atoms. The van der Waals surface area contributed by atoms with Crippen molar-refractivity contribution in [3.8, 4) is 5.75 Å². The highest BCUT2D eigenvalue weighted by Gasteiger charge is 2.34. The number of thiazole rings is 1. The van der Waals surface area contributed by atoms with Crippen molar-refractivity contribution in [2.24, 2.45) is 5.92 Å². The molecule has 128 valence electrons. The molecule has 7 heteroatoms. The molecule has 2 heterocycles. The zero-order valence-electron chi connectivity index (χ0n) is 13.5. The van der Waals surface area contributed by atoms with Gasteiger partial charge in [0, 0.05) is 18.8 Å². The van der Waals surface area contributed by atoms with E-state index in [4.69, 9.17) is 4.74 Å². The molecule has 0 unspecified atom stereocenters. The van der Waals surface area contributed by atoms with Crippen molar-refractivity contribution in [3.05, 3.63) is 48.3 Å². The Morgan fingerprint density at radius 2 is 2.16 bits per heavy atom. The van der Waals surface area contributed by atoms with E-state index in [-0.39, 0.29) is 17.6 Å². The van der Waals surface area contributed by atoms with Crippen LogP contribution in [-0.2, 0) is 4.79 Å². The minimum Gasteiger partial charge on any atom is -0.497 e. The molecule has 0 bridgehead atoms. The molecule has 2 aromatic carbocycles. The second-order valence-electron chi connectivity index (χ2n) is 5.93. The van der Waals surface area contributed by atoms with Crippen LogP contribution in [0.3, 0.4) is 0 Å². The van der Waals surface area contributed by atoms with Crippen LogP contribution in [0, 0.1) is 11.7 Å². The summed E-state index contributed by atoms with van der Waals surface area (Å²) in [7, 11) is 1.64. The van der Waals surface area contributed by atoms with Gasteiger partial charge in [0.25, 0.3) is 0 Å². The van der Waals surface area contributed by atoms with E-state index in [0.717, 1.165) is 21.1 Å². The normalized spacial score (nSPS) is 14.4. The molecule has 1 aliphatic heterocycles. The van der Waals surface area contributed by atoms with Gasteiger partial charge in [0.15, 0.2) is 5.13 Å². The number of rotatable bonds is 4. The summed E-state index contributed by atoms with van der Waals surface area (Å²) in [6.45, 7) is 1.22. The number of halogens is 1. The van der Waals surface area contributed by atoms with Crippen LogP contribution in [0.25, 0.3) is 10.2 Å². The lowest BCUT2D eigenvalue weighted by atomic mass is 10.00. The lowest BCUT2D eigenvalue weighted by Gasteiger charge is -2.37. The first-order valence-corrected chi connectivity index (χ1v) is 8.70. The Kier molecular flexibility index (Phi) is 4.01. The molecule has 1 aliphatic rings. The van der Waals surface area contributed by atoms with E-state index in [2.05, 4.69) is 15.2 Å². The van der Waals surface area contributed by atoms with E-state index in [1.54, 1.807) is 30.6 Å². The van der Waals surface area contributed by atoms with Crippen LogP contribution in [-0.4, -0.2) is 31.1 Å². The number of hydrogen-bond donors (Lipinski definition) is 1. The van der Waals surface area contributed by atoms with Gasteiger partial charge in [-0.1, -0.05) is 17.4 Å². The fourth-order valence-corrected chi connectivity index (χ4v) is 3.78. The summed E-state index contributed by atoms with van der Waals surface area (Å²) in [4.78, 5) is 18.9. The maximum Gasteiger partial charge on any atom is 0.231 e. The fourth-order valence-electron chi connectivity index (χ4n) is 2.77. The smallest absolute Gasteiger partial charge is 0.231 e. The molecule has 0 atom stereocenters. The van der Waals surface area contributed by atoms with E-state index in [9.17, 15) is 9.18 Å². The molecule has 1 fully saturated rings. The summed E-state index contributed by atoms with van der Waals surface area (Å²) in [5.41, 5.74) is 1.41. The molecule has 3 aromatic rings. The standard InChI is InChI=1S/C18H16FN3O2S/c1-24-14-5-6-15-16(8-14)25-18(21-15)22-9-11(10-22)17(23)20-13-4-2-3-12(19)7-13/h2-8,11H,9-10H2,1H3,(H,20,23). The van der Waals surface area contributed by atoms with Gasteiger partial charge in [-0.3, -0.25) is 4.79 Å². The minimum atomic E-state index is -0.363. The quantitative estimate of drug-likeness (QED) is 0.776. The maximum absolute atomic E-state index is 13.2. The maximum atomic E-state index is 13.2. The minimum absolute atomic E-state index is 0.0929. The van der Waals surface area contributed by atoms with E-state index < -0.39 is 0 Å². The van der Waals surface area contributed by atoms with Crippen LogP contribution in [0.5, 0.6) is 5.75 Å². The van der Waals surface area contributed by atoms with Crippen molar-refractivity contribution in [2.75, 3.05) is 30.4 Å². The topological polar surface area (TPSA) is 54.5 Å². The van der Waals surface area contributed by atoms with Crippen molar-refractivity contribution >= 4 is 38.3 Å². The molecule has 1 amide bonds. The molecule has 25 heavy (non-hydrogen) atoms. The van der Waals surface area contributed by atoms with Crippen LogP contribution in [0.4, 0.5) is 15.2 Å². The summed E-state index contributed by atoms with van der Waals surface area (Å²) in [6.07, 6.45) is 0. The third-order valence-electron chi connectivity index (χ3n) is 4.20. The number of carbonyl (C=O) groups excluding carboxylic acids is 1. The van der Waals surface area contributed by atoms with Crippen molar-refractivity contribution in [1.82, 2.24) is 4.98 Å². The molecular weight excluding hydrogens is 341 g/mol. The molecule has 1 N–H and O–H groups in total. The van der Waals surface area contributed by atoms with Crippen LogP contribution >= 0.6 is 11.3 Å². The lowest BCUT2D eigenvalue weighted by molar-refractivity contribution is -0.120. The number of carbonyl (C=O) groups is 1. The SMILES string of the molecule is COc1ccc2nc(N3CC(C(=O)Nc4cccc(F)c4)C3)sc2c1. The van der Waals surface area contributed by atoms with Gasteiger partial charge in [0.05, 0.1) is 23.2 Å². The largest absolute Gasteiger partial charge is 0.497 e. The van der Waals surface area contributed by atoms with Gasteiger partial charge in [-0.05, 0) is 36.4 Å². The predicted molar refractivity (Wildman–Crippen MR) is 96.9 cm³/mol. The molecule has 0 radical (unpaired) electrons. The van der Waals surface area contributed by atoms with E-state index in [1.165, 1.54) is 12.1 Å². The molecule has 0 saturated carbocycles. The van der Waals surface area contributed by atoms with Gasteiger partial charge < -0.3 is 15.0 Å². The Morgan fingerprint density at radius 1 is 1.32 bits per heavy atom. The number of anilines is 2. The second-order valence-corrected chi connectivity index (χ2v) is 6.94. The Balaban J connectivity index is 1.40. The fraction of sp³-hybridized carbons (Fsp3) is 0.222. The monoisotopic (exact) mass is 357 g/mol. The summed E-state index contributed by atoms with van der Waals surface area (Å²) in [5.74, 6) is 0.228. The molecule has 1 aromatic heterocycles. The van der Waals surface area contributed by atoms with Crippen LogP contribution in [0.15, 0.2) is 42.5 Å². The van der Waals surface area contributed by atoms with Crippen molar-refractivity contribution < 1.29 is 13.9 Å². The summed E-state index contributed by atoms with van der Waals surface area (Å²) in [5, 5.41) is 3.66. The number of benzene rings is 2. The van der Waals surface area contributed by atoms with Crippen molar-refractivity contribution in [2.45, 2.75) is 0 Å². The Labute approximate surface area is 148 Å². The number of nitrogens with zero attached hydrogens (tertiary/aromatic N) is 2. The number of methoxy groups -OCH3 is 1. The highest BCUT2D eigenvalue weighted by atomic mass is 32.1. The van der Waals surface area contributed by atoms with Crippen molar-refractivity contribution in [3.63, 3.8) is 0 Å². The van der Waals surface area contributed by atoms with E-state index in [1.807, 2.05) is 18.2 Å². The van der Waals surface area contributed by atoms with Gasteiger partial charge >= 0.3 is 0 Å². The molecule has 1 saturated heterocycles. The predicted octanol–water partition coefficient (Wildman–Crippen LogP) is 3.52. The number of amides is 1. The van der Waals surface area contributed by atoms with Gasteiger partial charge in [0.2, 0.25) is 5.91 Å². The first kappa shape index (κ1) is 15.8. The van der Waals surface area contributed by atoms with Gasteiger partial charge in [-0.2, -0.15) is 0 Å². The Morgan fingerprint density at radius 3 is 2.92 bits per heavy atom. The van der Waals surface area contributed by atoms with E-state index >= 15 is 0 Å². The average Bonchev–Trinajstić information content (AvgIpc) is 2.95. The molecular formula is C18H16FN3O2S. The van der Waals surface area contributed by atoms with Gasteiger partial charge in [-0.25, -0.2) is 9.37 Å². The number of aromatic nitrogens is 1. The summed E-state index contributed by atoms with van der Waals surface area (Å²) >= 11 is 1.58. The lowest BCUT2D eigenvalue weighted by Crippen LogP contribution is -2.52. The molecule has 5 nitrogen and oxygen atoms in total. The first-order chi connectivity index (χ1) is 12.1. The Hall–Kier alpha value is -2.67. The van der Waals surface area contributed by atoms with E-state index in [0.29, 0.717) is 18.8 Å². The van der Waals surface area contributed by atoms with Gasteiger partial charge in [-0.15, -0.1) is 0 Å². The molecule has 0 aliphatic carbocycles. The summed E-state index contributed by atoms with van der Waals surface area (Å²) in [6, 6.07) is 11.7. The number of fused-ring (bicyclic) bond motifs is 1.